The molecule has 0 saturated carbocycles. The molecule has 0 saturated heterocycles. The van der Waals surface area contributed by atoms with Gasteiger partial charge in [0.15, 0.2) is 0 Å². The van der Waals surface area contributed by atoms with E-state index in [1.54, 1.807) is 24.3 Å². The lowest BCUT2D eigenvalue weighted by Gasteiger charge is -2.19. The second-order valence-electron chi connectivity index (χ2n) is 4.86. The van der Waals surface area contributed by atoms with Crippen molar-refractivity contribution in [2.75, 3.05) is 6.54 Å². The molecule has 130 valence electrons. The van der Waals surface area contributed by atoms with Gasteiger partial charge in [-0.15, -0.1) is 0 Å². The highest BCUT2D eigenvalue weighted by atomic mass is 16.5. The summed E-state index contributed by atoms with van der Waals surface area (Å²) in [5.41, 5.74) is 5.69. The molecule has 9 heteroatoms. The van der Waals surface area contributed by atoms with Crippen LogP contribution in [0.1, 0.15) is 18.4 Å². The molecule has 0 aliphatic heterocycles. The molecule has 0 spiro atoms. The minimum atomic E-state index is -1.55. The van der Waals surface area contributed by atoms with Gasteiger partial charge in [0.1, 0.15) is 13.2 Å². The van der Waals surface area contributed by atoms with E-state index in [1.807, 2.05) is 6.07 Å². The van der Waals surface area contributed by atoms with Gasteiger partial charge < -0.3 is 31.0 Å². The van der Waals surface area contributed by atoms with Crippen LogP contribution in [0.4, 0.5) is 4.79 Å². The van der Waals surface area contributed by atoms with Gasteiger partial charge in [-0.3, -0.25) is 9.59 Å². The molecule has 24 heavy (non-hydrogen) atoms. The first-order valence-electron chi connectivity index (χ1n) is 7.11. The summed E-state index contributed by atoms with van der Waals surface area (Å²) in [6.07, 6.45) is -1.23. The molecule has 0 fully saturated rings. The molecule has 1 rings (SSSR count). The van der Waals surface area contributed by atoms with Crippen molar-refractivity contribution in [2.45, 2.75) is 25.5 Å². The number of benzene rings is 1. The maximum Gasteiger partial charge on any atom is 0.407 e. The van der Waals surface area contributed by atoms with Crippen LogP contribution in [0.5, 0.6) is 0 Å². The molecule has 1 aromatic rings. The lowest BCUT2D eigenvalue weighted by atomic mass is 10.1. The summed E-state index contributed by atoms with van der Waals surface area (Å²) in [4.78, 5) is 44.5. The Morgan fingerprint density at radius 2 is 1.83 bits per heavy atom. The highest BCUT2D eigenvalue weighted by molar-refractivity contribution is 5.86. The third-order valence-electron chi connectivity index (χ3n) is 2.91. The van der Waals surface area contributed by atoms with Gasteiger partial charge in [0.25, 0.3) is 0 Å². The number of hydrogen-bond acceptors (Lipinski definition) is 6. The van der Waals surface area contributed by atoms with Crippen LogP contribution in [0.15, 0.2) is 30.3 Å². The fourth-order valence-corrected chi connectivity index (χ4v) is 1.71. The van der Waals surface area contributed by atoms with Crippen molar-refractivity contribution in [2.24, 2.45) is 5.73 Å². The number of carboxylic acids is 1. The van der Waals surface area contributed by atoms with Crippen LogP contribution in [0.2, 0.25) is 0 Å². The number of nitrogens with two attached hydrogens (primary N) is 1. The molecule has 4 N–H and O–H groups in total. The molecular weight excluding hydrogens is 318 g/mol. The highest BCUT2D eigenvalue weighted by Gasteiger charge is 2.15. The number of rotatable bonds is 9. The number of alkyl carbamates (subject to hydrolysis) is 1. The molecule has 3 amide bonds. The van der Waals surface area contributed by atoms with E-state index in [1.165, 1.54) is 0 Å². The second kappa shape index (κ2) is 9.82. The monoisotopic (exact) mass is 336 g/mol. The largest absolute Gasteiger partial charge is 0.548 e. The zero-order valence-corrected chi connectivity index (χ0v) is 12.8. The van der Waals surface area contributed by atoms with E-state index in [4.69, 9.17) is 10.5 Å². The van der Waals surface area contributed by atoms with Crippen molar-refractivity contribution in [3.8, 4) is 0 Å². The number of amides is 3. The molecule has 0 aromatic heterocycles. The Hall–Kier alpha value is -3.10. The average molecular weight is 336 g/mol. The van der Waals surface area contributed by atoms with Crippen LogP contribution in [-0.4, -0.2) is 36.5 Å². The maximum absolute atomic E-state index is 11.6. The van der Waals surface area contributed by atoms with Gasteiger partial charge in [0.05, 0.1) is 12.0 Å². The summed E-state index contributed by atoms with van der Waals surface area (Å²) in [7, 11) is 0. The first-order chi connectivity index (χ1) is 11.4. The summed E-state index contributed by atoms with van der Waals surface area (Å²) in [6, 6.07) is 7.56. The predicted octanol–water partition coefficient (Wildman–Crippen LogP) is -1.59. The van der Waals surface area contributed by atoms with Gasteiger partial charge in [-0.2, -0.15) is 0 Å². The fraction of sp³-hybridized carbons (Fsp3) is 0.333. The van der Waals surface area contributed by atoms with E-state index in [-0.39, 0.29) is 19.4 Å². The summed E-state index contributed by atoms with van der Waals surface area (Å²) < 4.78 is 4.89. The molecular formula is C15H18N3O6-. The van der Waals surface area contributed by atoms with Crippen LogP contribution >= 0.6 is 0 Å². The molecule has 9 nitrogen and oxygen atoms in total. The minimum absolute atomic E-state index is 0.0363. The van der Waals surface area contributed by atoms with Gasteiger partial charge in [-0.1, -0.05) is 30.3 Å². The lowest BCUT2D eigenvalue weighted by molar-refractivity contribution is -0.308. The molecule has 0 aliphatic rings. The van der Waals surface area contributed by atoms with Crippen LogP contribution < -0.4 is 21.5 Å². The van der Waals surface area contributed by atoms with Gasteiger partial charge >= 0.3 is 6.09 Å². The van der Waals surface area contributed by atoms with Crippen LogP contribution in [0, 0.1) is 0 Å². The summed E-state index contributed by atoms with van der Waals surface area (Å²) >= 11 is 0. The average Bonchev–Trinajstić information content (AvgIpc) is 2.55. The van der Waals surface area contributed by atoms with E-state index < -0.39 is 36.5 Å². The Labute approximate surface area is 138 Å². The van der Waals surface area contributed by atoms with Crippen LogP contribution in [0.25, 0.3) is 0 Å². The fourth-order valence-electron chi connectivity index (χ4n) is 1.71. The third-order valence-corrected chi connectivity index (χ3v) is 2.91. The van der Waals surface area contributed by atoms with Crippen LogP contribution in [0.3, 0.4) is 0 Å². The van der Waals surface area contributed by atoms with Crippen molar-refractivity contribution in [3.05, 3.63) is 35.9 Å². The molecule has 0 unspecified atom stereocenters. The number of carbonyl (C=O) groups is 4. The van der Waals surface area contributed by atoms with Crippen molar-refractivity contribution in [1.29, 1.82) is 0 Å². The van der Waals surface area contributed by atoms with E-state index in [0.29, 0.717) is 0 Å². The maximum atomic E-state index is 11.6. The lowest BCUT2D eigenvalue weighted by Crippen LogP contribution is -2.50. The third kappa shape index (κ3) is 7.78. The first kappa shape index (κ1) is 18.9. The second-order valence-corrected chi connectivity index (χ2v) is 4.86. The van der Waals surface area contributed by atoms with Crippen molar-refractivity contribution in [3.63, 3.8) is 0 Å². The van der Waals surface area contributed by atoms with Gasteiger partial charge in [0.2, 0.25) is 11.8 Å². The first-order valence-corrected chi connectivity index (χ1v) is 7.11. The highest BCUT2D eigenvalue weighted by Crippen LogP contribution is 2.00. The topological polar surface area (TPSA) is 151 Å². The zero-order valence-electron chi connectivity index (χ0n) is 12.8. The van der Waals surface area contributed by atoms with Gasteiger partial charge in [0, 0.05) is 6.42 Å². The van der Waals surface area contributed by atoms with E-state index in [0.717, 1.165) is 5.56 Å². The molecule has 1 aromatic carbocycles. The van der Waals surface area contributed by atoms with Crippen molar-refractivity contribution in [1.82, 2.24) is 10.6 Å². The Kier molecular flexibility index (Phi) is 7.76. The van der Waals surface area contributed by atoms with E-state index in [9.17, 15) is 24.3 Å². The van der Waals surface area contributed by atoms with Crippen molar-refractivity contribution < 1.29 is 29.0 Å². The molecule has 0 radical (unpaired) electrons. The molecule has 0 heterocycles. The number of hydrogen-bond donors (Lipinski definition) is 3. The Bertz CT molecular complexity index is 590. The van der Waals surface area contributed by atoms with Gasteiger partial charge in [-0.25, -0.2) is 4.79 Å². The Balaban J connectivity index is 2.31. The standard InChI is InChI=1S/C15H19N3O6/c16-12(19)7-6-11(14(21)22)18-13(20)8-17-15(23)24-9-10-4-2-1-3-5-10/h1-5,11H,6-9H2,(H2,16,19)(H,17,23)(H,18,20)(H,21,22)/p-1/t11-/m0/s1. The predicted molar refractivity (Wildman–Crippen MR) is 80.0 cm³/mol. The Morgan fingerprint density at radius 1 is 1.17 bits per heavy atom. The summed E-state index contributed by atoms with van der Waals surface area (Å²) in [5, 5.41) is 15.2. The van der Waals surface area contributed by atoms with Crippen molar-refractivity contribution >= 4 is 23.9 Å². The normalized spacial score (nSPS) is 11.2. The Morgan fingerprint density at radius 3 is 2.42 bits per heavy atom. The number of carboxylic acid groups (broad SMARTS) is 1. The zero-order chi connectivity index (χ0) is 17.9. The summed E-state index contributed by atoms with van der Waals surface area (Å²) in [6.45, 7) is -0.442. The quantitative estimate of drug-likeness (QED) is 0.495. The van der Waals surface area contributed by atoms with Crippen LogP contribution in [-0.2, 0) is 25.7 Å². The number of primary amides is 1. The summed E-state index contributed by atoms with van der Waals surface area (Å²) in [5.74, 6) is -3.00. The van der Waals surface area contributed by atoms with E-state index >= 15 is 0 Å². The SMILES string of the molecule is NC(=O)CC[C@H](NC(=O)CNC(=O)OCc1ccccc1)C(=O)[O-]. The molecule has 1 atom stereocenters. The van der Waals surface area contributed by atoms with Gasteiger partial charge in [-0.05, 0) is 12.0 Å². The van der Waals surface area contributed by atoms with E-state index in [2.05, 4.69) is 10.6 Å². The smallest absolute Gasteiger partial charge is 0.407 e. The molecule has 0 aliphatic carbocycles. The number of carbonyl (C=O) groups excluding carboxylic acids is 4. The minimum Gasteiger partial charge on any atom is -0.548 e. The number of aliphatic carboxylic acids is 1. The number of ether oxygens (including phenoxy) is 1. The molecule has 0 bridgehead atoms. The number of nitrogens with one attached hydrogen (secondary N) is 2.